The molecule has 6 nitrogen and oxygen atoms in total. The smallest absolute Gasteiger partial charge is 0.274 e. The molecule has 26 heavy (non-hydrogen) atoms. The maximum absolute atomic E-state index is 12.6. The van der Waals surface area contributed by atoms with Crippen LogP contribution in [0.15, 0.2) is 65.4 Å². The zero-order valence-electron chi connectivity index (χ0n) is 14.7. The van der Waals surface area contributed by atoms with Crippen LogP contribution in [0.25, 0.3) is 0 Å². The predicted octanol–water partition coefficient (Wildman–Crippen LogP) is 4.33. The van der Waals surface area contributed by atoms with E-state index in [0.29, 0.717) is 23.7 Å². The van der Waals surface area contributed by atoms with Crippen LogP contribution < -0.4 is 15.4 Å². The highest BCUT2D eigenvalue weighted by atomic mass is 16.5. The number of amides is 1. The Morgan fingerprint density at radius 3 is 2.81 bits per heavy atom. The lowest BCUT2D eigenvalue weighted by Crippen LogP contribution is -2.16. The number of rotatable bonds is 7. The lowest BCUT2D eigenvalue weighted by molar-refractivity contribution is 0.102. The van der Waals surface area contributed by atoms with Crippen molar-refractivity contribution in [2.45, 2.75) is 26.5 Å². The second-order valence-electron chi connectivity index (χ2n) is 5.98. The van der Waals surface area contributed by atoms with Crippen LogP contribution in [0.5, 0.6) is 5.75 Å². The maximum Gasteiger partial charge on any atom is 0.274 e. The molecule has 0 aliphatic rings. The van der Waals surface area contributed by atoms with Crippen molar-refractivity contribution in [2.24, 2.45) is 0 Å². The summed E-state index contributed by atoms with van der Waals surface area (Å²) in [5.74, 6) is 1.14. The van der Waals surface area contributed by atoms with E-state index in [4.69, 9.17) is 9.15 Å². The van der Waals surface area contributed by atoms with Gasteiger partial charge in [0.15, 0.2) is 0 Å². The van der Waals surface area contributed by atoms with Crippen LogP contribution in [-0.4, -0.2) is 17.0 Å². The summed E-state index contributed by atoms with van der Waals surface area (Å²) in [6.07, 6.45) is 3.23. The highest BCUT2D eigenvalue weighted by Crippen LogP contribution is 2.25. The highest BCUT2D eigenvalue weighted by Gasteiger charge is 2.12. The summed E-state index contributed by atoms with van der Waals surface area (Å²) in [6, 6.07) is 14.5. The molecule has 0 fully saturated rings. The average molecular weight is 351 g/mol. The summed E-state index contributed by atoms with van der Waals surface area (Å²) in [4.78, 5) is 16.7. The fraction of sp³-hybridized carbons (Fsp3) is 0.200. The molecule has 3 aromatic rings. The molecule has 0 atom stereocenters. The summed E-state index contributed by atoms with van der Waals surface area (Å²) in [7, 11) is 0. The first-order valence-corrected chi connectivity index (χ1v) is 8.41. The molecular formula is C20H21N3O3. The van der Waals surface area contributed by atoms with Crippen molar-refractivity contribution in [3.05, 3.63) is 72.4 Å². The number of ether oxygens (including phenoxy) is 1. The average Bonchev–Trinajstić information content (AvgIpc) is 3.15. The molecule has 2 aromatic heterocycles. The first-order chi connectivity index (χ1) is 12.6. The molecule has 0 bridgehead atoms. The second-order valence-corrected chi connectivity index (χ2v) is 5.98. The number of carbonyl (C=O) groups excluding carboxylic acids is 1. The highest BCUT2D eigenvalue weighted by molar-refractivity contribution is 6.04. The van der Waals surface area contributed by atoms with Gasteiger partial charge in [-0.3, -0.25) is 9.78 Å². The van der Waals surface area contributed by atoms with Crippen LogP contribution in [0.1, 0.15) is 30.1 Å². The van der Waals surface area contributed by atoms with Gasteiger partial charge in [0.1, 0.15) is 17.2 Å². The van der Waals surface area contributed by atoms with E-state index in [9.17, 15) is 4.79 Å². The van der Waals surface area contributed by atoms with Crippen LogP contribution in [0, 0.1) is 0 Å². The Morgan fingerprint density at radius 1 is 1.19 bits per heavy atom. The summed E-state index contributed by atoms with van der Waals surface area (Å²) in [5.41, 5.74) is 1.71. The number of furan rings is 1. The minimum atomic E-state index is -0.300. The van der Waals surface area contributed by atoms with Gasteiger partial charge in [0.25, 0.3) is 5.91 Å². The monoisotopic (exact) mass is 351 g/mol. The molecule has 0 aliphatic heterocycles. The largest absolute Gasteiger partial charge is 0.489 e. The number of nitrogens with one attached hydrogen (secondary N) is 2. The number of benzene rings is 1. The molecule has 2 N–H and O–H groups in total. The van der Waals surface area contributed by atoms with E-state index in [1.165, 1.54) is 0 Å². The first kappa shape index (κ1) is 17.5. The Bertz CT molecular complexity index is 860. The quantitative estimate of drug-likeness (QED) is 0.663. The Kier molecular flexibility index (Phi) is 5.53. The van der Waals surface area contributed by atoms with E-state index in [2.05, 4.69) is 15.6 Å². The van der Waals surface area contributed by atoms with E-state index in [0.717, 1.165) is 11.4 Å². The third kappa shape index (κ3) is 4.63. The summed E-state index contributed by atoms with van der Waals surface area (Å²) in [5, 5.41) is 6.06. The van der Waals surface area contributed by atoms with E-state index in [1.807, 2.05) is 44.2 Å². The standard InChI is InChI=1S/C20H21N3O3/c1-14(2)26-19-8-4-3-7-17(19)23-20(24)18-12-15(9-10-21-18)22-13-16-6-5-11-25-16/h3-12,14H,13H2,1-2H3,(H,21,22)(H,23,24). The van der Waals surface area contributed by atoms with E-state index in [1.54, 1.807) is 30.7 Å². The van der Waals surface area contributed by atoms with E-state index >= 15 is 0 Å². The second kappa shape index (κ2) is 8.20. The SMILES string of the molecule is CC(C)Oc1ccccc1NC(=O)c1cc(NCc2ccco2)ccn1. The van der Waals surface area contributed by atoms with Gasteiger partial charge in [0.2, 0.25) is 0 Å². The van der Waals surface area contributed by atoms with Crippen LogP contribution in [-0.2, 0) is 6.54 Å². The Balaban J connectivity index is 1.69. The van der Waals surface area contributed by atoms with E-state index in [-0.39, 0.29) is 12.0 Å². The number of para-hydroxylation sites is 2. The number of nitrogens with zero attached hydrogens (tertiary/aromatic N) is 1. The fourth-order valence-corrected chi connectivity index (χ4v) is 2.38. The molecule has 1 aromatic carbocycles. The predicted molar refractivity (Wildman–Crippen MR) is 100 cm³/mol. The van der Waals surface area contributed by atoms with Crippen LogP contribution >= 0.6 is 0 Å². The van der Waals surface area contributed by atoms with Gasteiger partial charge in [-0.25, -0.2) is 0 Å². The minimum Gasteiger partial charge on any atom is -0.489 e. The lowest BCUT2D eigenvalue weighted by Gasteiger charge is -2.14. The lowest BCUT2D eigenvalue weighted by atomic mass is 10.2. The van der Waals surface area contributed by atoms with Gasteiger partial charge in [0, 0.05) is 11.9 Å². The van der Waals surface area contributed by atoms with Crippen molar-refractivity contribution in [1.82, 2.24) is 4.98 Å². The van der Waals surface area contributed by atoms with Gasteiger partial charge < -0.3 is 19.8 Å². The molecule has 2 heterocycles. The maximum atomic E-state index is 12.6. The molecule has 0 aliphatic carbocycles. The number of carbonyl (C=O) groups is 1. The molecule has 0 spiro atoms. The van der Waals surface area contributed by atoms with Gasteiger partial charge in [-0.1, -0.05) is 12.1 Å². The molecule has 1 amide bonds. The molecule has 0 unspecified atom stereocenters. The Morgan fingerprint density at radius 2 is 2.04 bits per heavy atom. The zero-order chi connectivity index (χ0) is 18.4. The number of pyridine rings is 1. The number of aromatic nitrogens is 1. The molecule has 0 radical (unpaired) electrons. The third-order valence-corrected chi connectivity index (χ3v) is 3.54. The summed E-state index contributed by atoms with van der Waals surface area (Å²) < 4.78 is 11.0. The van der Waals surface area contributed by atoms with Gasteiger partial charge in [0.05, 0.1) is 24.6 Å². The molecule has 6 heteroatoms. The Hall–Kier alpha value is -3.28. The van der Waals surface area contributed by atoms with Gasteiger partial charge >= 0.3 is 0 Å². The summed E-state index contributed by atoms with van der Waals surface area (Å²) in [6.45, 7) is 4.41. The van der Waals surface area contributed by atoms with Crippen LogP contribution in [0.4, 0.5) is 11.4 Å². The minimum absolute atomic E-state index is 0.0142. The zero-order valence-corrected chi connectivity index (χ0v) is 14.7. The van der Waals surface area contributed by atoms with Crippen molar-refractivity contribution in [3.8, 4) is 5.75 Å². The van der Waals surface area contributed by atoms with Gasteiger partial charge in [-0.05, 0) is 50.2 Å². The third-order valence-electron chi connectivity index (χ3n) is 3.54. The van der Waals surface area contributed by atoms with Crippen LogP contribution in [0.2, 0.25) is 0 Å². The van der Waals surface area contributed by atoms with Crippen molar-refractivity contribution in [2.75, 3.05) is 10.6 Å². The number of hydrogen-bond acceptors (Lipinski definition) is 5. The van der Waals surface area contributed by atoms with Crippen molar-refractivity contribution in [3.63, 3.8) is 0 Å². The molecule has 0 saturated heterocycles. The normalized spacial score (nSPS) is 10.6. The molecule has 0 saturated carbocycles. The van der Waals surface area contributed by atoms with Crippen molar-refractivity contribution >= 4 is 17.3 Å². The van der Waals surface area contributed by atoms with Gasteiger partial charge in [-0.2, -0.15) is 0 Å². The number of hydrogen-bond donors (Lipinski definition) is 2. The molecule has 134 valence electrons. The Labute approximate surface area is 152 Å². The van der Waals surface area contributed by atoms with Crippen molar-refractivity contribution in [1.29, 1.82) is 0 Å². The molecule has 3 rings (SSSR count). The molecular weight excluding hydrogens is 330 g/mol. The summed E-state index contributed by atoms with van der Waals surface area (Å²) >= 11 is 0. The topological polar surface area (TPSA) is 76.4 Å². The first-order valence-electron chi connectivity index (χ1n) is 8.41. The van der Waals surface area contributed by atoms with Crippen molar-refractivity contribution < 1.29 is 13.9 Å². The van der Waals surface area contributed by atoms with Gasteiger partial charge in [-0.15, -0.1) is 0 Å². The van der Waals surface area contributed by atoms with E-state index < -0.39 is 0 Å². The van der Waals surface area contributed by atoms with Crippen LogP contribution in [0.3, 0.4) is 0 Å². The fourth-order valence-electron chi connectivity index (χ4n) is 2.38. The number of anilines is 2.